The third-order valence-electron chi connectivity index (χ3n) is 7.75. The van der Waals surface area contributed by atoms with Gasteiger partial charge in [-0.1, -0.05) is 62.4 Å². The van der Waals surface area contributed by atoms with Crippen molar-refractivity contribution in [2.75, 3.05) is 5.32 Å². The number of rotatable bonds is 12. The zero-order valence-corrected chi connectivity index (χ0v) is 28.3. The van der Waals surface area contributed by atoms with Crippen LogP contribution in [0.25, 0.3) is 0 Å². The highest BCUT2D eigenvalue weighted by atomic mass is 16.6. The number of alkyl carbamates (subject to hydrolysis) is 1. The zero-order valence-electron chi connectivity index (χ0n) is 28.3. The Bertz CT molecular complexity index is 1500. The minimum atomic E-state index is -1.24. The number of nitrogens with one attached hydrogen (secondary N) is 2. The van der Waals surface area contributed by atoms with E-state index in [9.17, 15) is 24.6 Å². The van der Waals surface area contributed by atoms with Crippen LogP contribution < -0.4 is 10.6 Å². The number of aromatic hydroxyl groups is 2. The molecule has 46 heavy (non-hydrogen) atoms. The van der Waals surface area contributed by atoms with Crippen LogP contribution in [0.1, 0.15) is 82.7 Å². The van der Waals surface area contributed by atoms with Crippen molar-refractivity contribution in [3.05, 3.63) is 89.0 Å². The highest BCUT2D eigenvalue weighted by molar-refractivity contribution is 6.00. The van der Waals surface area contributed by atoms with Crippen molar-refractivity contribution in [2.45, 2.75) is 98.4 Å². The number of para-hydroxylation sites is 2. The molecule has 0 aromatic heterocycles. The number of amides is 3. The second kappa shape index (κ2) is 15.7. The van der Waals surface area contributed by atoms with E-state index in [2.05, 4.69) is 24.5 Å². The lowest BCUT2D eigenvalue weighted by Gasteiger charge is -2.39. The summed E-state index contributed by atoms with van der Waals surface area (Å²) in [5.74, 6) is -0.699. The molecule has 0 fully saturated rings. The summed E-state index contributed by atoms with van der Waals surface area (Å²) in [4.78, 5) is 43.9. The first-order chi connectivity index (χ1) is 21.6. The zero-order chi connectivity index (χ0) is 34.2. The fourth-order valence-corrected chi connectivity index (χ4v) is 5.24. The van der Waals surface area contributed by atoms with Gasteiger partial charge in [0.15, 0.2) is 0 Å². The Morgan fingerprint density at radius 2 is 1.48 bits per heavy atom. The van der Waals surface area contributed by atoms with Crippen molar-refractivity contribution in [3.8, 4) is 11.5 Å². The Balaban J connectivity index is 2.19. The number of aryl methyl sites for hydroxylation is 2. The van der Waals surface area contributed by atoms with Crippen molar-refractivity contribution in [1.82, 2.24) is 10.2 Å². The fraction of sp³-hybridized carbons (Fsp3) is 0.432. The van der Waals surface area contributed by atoms with Crippen LogP contribution in [0, 0.1) is 19.8 Å². The number of carbonyl (C=O) groups excluding carboxylic acids is 3. The van der Waals surface area contributed by atoms with Gasteiger partial charge in [0.1, 0.15) is 29.2 Å². The molecule has 3 amide bonds. The molecular weight excluding hydrogens is 582 g/mol. The van der Waals surface area contributed by atoms with Crippen LogP contribution in [-0.2, 0) is 20.7 Å². The van der Waals surface area contributed by atoms with Crippen molar-refractivity contribution in [3.63, 3.8) is 0 Å². The molecule has 0 spiro atoms. The largest absolute Gasteiger partial charge is 0.508 e. The van der Waals surface area contributed by atoms with E-state index < -0.39 is 41.6 Å². The van der Waals surface area contributed by atoms with Crippen molar-refractivity contribution >= 4 is 23.6 Å². The molecule has 3 atom stereocenters. The fourth-order valence-electron chi connectivity index (χ4n) is 5.24. The van der Waals surface area contributed by atoms with Crippen LogP contribution in [0.3, 0.4) is 0 Å². The van der Waals surface area contributed by atoms with Crippen LogP contribution in [0.15, 0.2) is 66.7 Å². The molecule has 0 saturated carbocycles. The predicted octanol–water partition coefficient (Wildman–Crippen LogP) is 7.18. The number of anilines is 1. The van der Waals surface area contributed by atoms with Gasteiger partial charge < -0.3 is 30.5 Å². The molecule has 0 heterocycles. The maximum Gasteiger partial charge on any atom is 0.408 e. The van der Waals surface area contributed by atoms with Gasteiger partial charge in [-0.05, 0) is 95.2 Å². The number of benzene rings is 3. The molecule has 0 bridgehead atoms. The summed E-state index contributed by atoms with van der Waals surface area (Å²) in [5, 5.41) is 26.9. The lowest BCUT2D eigenvalue weighted by Crippen LogP contribution is -2.55. The Labute approximate surface area is 273 Å². The Hall–Kier alpha value is -4.53. The van der Waals surface area contributed by atoms with E-state index in [-0.39, 0.29) is 23.5 Å². The van der Waals surface area contributed by atoms with Gasteiger partial charge in [-0.2, -0.15) is 0 Å². The van der Waals surface area contributed by atoms with Gasteiger partial charge in [-0.25, -0.2) is 4.79 Å². The average molecular weight is 632 g/mol. The summed E-state index contributed by atoms with van der Waals surface area (Å²) in [6.07, 6.45) is 0.637. The minimum Gasteiger partial charge on any atom is -0.508 e. The molecule has 0 radical (unpaired) electrons. The van der Waals surface area contributed by atoms with E-state index in [1.165, 1.54) is 17.0 Å². The van der Waals surface area contributed by atoms with Gasteiger partial charge in [-0.3, -0.25) is 9.59 Å². The van der Waals surface area contributed by atoms with Gasteiger partial charge in [0.2, 0.25) is 5.91 Å². The molecule has 0 saturated heterocycles. The Kier molecular flexibility index (Phi) is 12.2. The highest BCUT2D eigenvalue weighted by Gasteiger charge is 2.40. The summed E-state index contributed by atoms with van der Waals surface area (Å²) < 4.78 is 5.53. The molecule has 0 aliphatic heterocycles. The lowest BCUT2D eigenvalue weighted by atomic mass is 9.94. The van der Waals surface area contributed by atoms with Crippen molar-refractivity contribution in [2.24, 2.45) is 5.92 Å². The number of hydrogen-bond acceptors (Lipinski definition) is 6. The van der Waals surface area contributed by atoms with Crippen molar-refractivity contribution < 1.29 is 29.3 Å². The molecule has 4 N–H and O–H groups in total. The maximum absolute atomic E-state index is 14.9. The van der Waals surface area contributed by atoms with E-state index in [0.29, 0.717) is 29.2 Å². The molecule has 9 nitrogen and oxygen atoms in total. The highest BCUT2D eigenvalue weighted by Crippen LogP contribution is 2.35. The minimum absolute atomic E-state index is 0.0672. The van der Waals surface area contributed by atoms with E-state index in [1.54, 1.807) is 64.1 Å². The second-order valence-electron chi connectivity index (χ2n) is 13.4. The Morgan fingerprint density at radius 1 is 0.848 bits per heavy atom. The molecular formula is C37H49N3O6. The van der Waals surface area contributed by atoms with E-state index in [1.807, 2.05) is 32.0 Å². The van der Waals surface area contributed by atoms with Gasteiger partial charge in [0, 0.05) is 23.7 Å². The molecule has 3 aromatic rings. The van der Waals surface area contributed by atoms with Crippen LogP contribution >= 0.6 is 0 Å². The summed E-state index contributed by atoms with van der Waals surface area (Å²) in [6, 6.07) is 16.0. The molecule has 3 rings (SSSR count). The number of hydrogen-bond donors (Lipinski definition) is 4. The monoisotopic (exact) mass is 631 g/mol. The SMILES string of the molecule is Cc1ccccc1NC(=O)C(c1cccc(C)c1O)N(C(=O)C(Cc1ccc(O)cc1)NC(=O)OC(C)(C)C)C(C)CCC(C)C. The van der Waals surface area contributed by atoms with E-state index in [0.717, 1.165) is 12.0 Å². The first-order valence-electron chi connectivity index (χ1n) is 15.8. The van der Waals surface area contributed by atoms with Crippen LogP contribution in [-0.4, -0.2) is 50.7 Å². The predicted molar refractivity (Wildman–Crippen MR) is 181 cm³/mol. The van der Waals surface area contributed by atoms with E-state index in [4.69, 9.17) is 4.74 Å². The second-order valence-corrected chi connectivity index (χ2v) is 13.4. The number of phenols is 2. The average Bonchev–Trinajstić information content (AvgIpc) is 2.97. The third kappa shape index (κ3) is 9.99. The van der Waals surface area contributed by atoms with Gasteiger partial charge >= 0.3 is 6.09 Å². The molecule has 3 aromatic carbocycles. The number of phenolic OH excluding ortho intramolecular Hbond substituents is 2. The van der Waals surface area contributed by atoms with Crippen LogP contribution in [0.5, 0.6) is 11.5 Å². The molecule has 3 unspecified atom stereocenters. The number of nitrogens with zero attached hydrogens (tertiary/aromatic N) is 1. The maximum atomic E-state index is 14.9. The molecule has 248 valence electrons. The Morgan fingerprint density at radius 3 is 2.09 bits per heavy atom. The molecule has 0 aliphatic rings. The topological polar surface area (TPSA) is 128 Å². The van der Waals surface area contributed by atoms with Gasteiger partial charge in [-0.15, -0.1) is 0 Å². The van der Waals surface area contributed by atoms with Gasteiger partial charge in [0.05, 0.1) is 0 Å². The normalized spacial score (nSPS) is 13.4. The quantitative estimate of drug-likeness (QED) is 0.168. The van der Waals surface area contributed by atoms with Crippen molar-refractivity contribution in [1.29, 1.82) is 0 Å². The summed E-state index contributed by atoms with van der Waals surface area (Å²) in [6.45, 7) is 14.9. The molecule has 9 heteroatoms. The van der Waals surface area contributed by atoms with Crippen LogP contribution in [0.2, 0.25) is 0 Å². The smallest absolute Gasteiger partial charge is 0.408 e. The first kappa shape index (κ1) is 35.9. The first-order valence-corrected chi connectivity index (χ1v) is 15.8. The molecule has 0 aliphatic carbocycles. The summed E-state index contributed by atoms with van der Waals surface area (Å²) in [7, 11) is 0. The summed E-state index contributed by atoms with van der Waals surface area (Å²) in [5.41, 5.74) is 2.12. The number of ether oxygens (including phenoxy) is 1. The third-order valence-corrected chi connectivity index (χ3v) is 7.75. The lowest BCUT2D eigenvalue weighted by molar-refractivity contribution is -0.143. The summed E-state index contributed by atoms with van der Waals surface area (Å²) >= 11 is 0. The van der Waals surface area contributed by atoms with Crippen LogP contribution in [0.4, 0.5) is 10.5 Å². The number of carbonyl (C=O) groups is 3. The van der Waals surface area contributed by atoms with E-state index >= 15 is 0 Å². The van der Waals surface area contributed by atoms with Gasteiger partial charge in [0.25, 0.3) is 5.91 Å². The standard InChI is InChI=1S/C37H49N3O6/c1-23(2)16-17-26(5)40(35(44)31(39-36(45)46-37(6,7)8)22-27-18-20-28(41)21-19-27)32(29-14-11-13-25(4)33(29)42)34(43)38-30-15-10-9-12-24(30)3/h9-15,18-21,23,26,31-32,41-42H,16-17,22H2,1-8H3,(H,38,43)(H,39,45).